The van der Waals surface area contributed by atoms with Crippen LogP contribution in [-0.4, -0.2) is 55.7 Å². The predicted octanol–water partition coefficient (Wildman–Crippen LogP) is 2.96. The lowest BCUT2D eigenvalue weighted by Gasteiger charge is -2.26. The molecule has 1 aromatic rings. The molecule has 6 heteroatoms. The maximum absolute atomic E-state index is 5.44. The molecule has 0 unspecified atom stereocenters. The Balaban J connectivity index is 1.79. The molecular formula is C18H32N4OS. The van der Waals surface area contributed by atoms with Crippen LogP contribution in [0.1, 0.15) is 43.0 Å². The summed E-state index contributed by atoms with van der Waals surface area (Å²) < 4.78 is 5.44. The van der Waals surface area contributed by atoms with Gasteiger partial charge in [-0.2, -0.15) is 0 Å². The van der Waals surface area contributed by atoms with Crippen molar-refractivity contribution in [3.63, 3.8) is 0 Å². The van der Waals surface area contributed by atoms with E-state index in [2.05, 4.69) is 36.1 Å². The molecule has 0 amide bonds. The molecule has 0 bridgehead atoms. The van der Waals surface area contributed by atoms with Crippen LogP contribution in [0.5, 0.6) is 0 Å². The normalized spacial score (nSPS) is 16.4. The van der Waals surface area contributed by atoms with Crippen molar-refractivity contribution in [1.82, 2.24) is 15.2 Å². The highest BCUT2D eigenvalue weighted by Crippen LogP contribution is 2.18. The molecule has 5 nitrogen and oxygen atoms in total. The monoisotopic (exact) mass is 352 g/mol. The second-order valence-corrected chi connectivity index (χ2v) is 7.53. The Morgan fingerprint density at radius 3 is 2.88 bits per heavy atom. The molecule has 2 rings (SSSR count). The summed E-state index contributed by atoms with van der Waals surface area (Å²) in [4.78, 5) is 12.9. The largest absolute Gasteiger partial charge is 0.381 e. The molecule has 2 heterocycles. The van der Waals surface area contributed by atoms with Gasteiger partial charge in [0, 0.05) is 57.4 Å². The van der Waals surface area contributed by atoms with Crippen molar-refractivity contribution < 1.29 is 4.74 Å². The van der Waals surface area contributed by atoms with Gasteiger partial charge in [-0.1, -0.05) is 6.92 Å². The zero-order valence-corrected chi connectivity index (χ0v) is 16.2. The number of hydrogen-bond acceptors (Lipinski definition) is 4. The molecule has 0 aliphatic carbocycles. The number of ether oxygens (including phenoxy) is 1. The molecule has 0 radical (unpaired) electrons. The summed E-state index contributed by atoms with van der Waals surface area (Å²) >= 11 is 1.81. The van der Waals surface area contributed by atoms with Gasteiger partial charge in [-0.25, -0.2) is 4.98 Å². The second-order valence-electron chi connectivity index (χ2n) is 6.33. The second kappa shape index (κ2) is 10.7. The fourth-order valence-electron chi connectivity index (χ4n) is 2.87. The molecule has 1 N–H and O–H groups in total. The van der Waals surface area contributed by atoms with Gasteiger partial charge in [0.1, 0.15) is 0 Å². The van der Waals surface area contributed by atoms with E-state index in [1.54, 1.807) is 0 Å². The van der Waals surface area contributed by atoms with Crippen LogP contribution in [0.25, 0.3) is 0 Å². The predicted molar refractivity (Wildman–Crippen MR) is 102 cm³/mol. The van der Waals surface area contributed by atoms with Crippen LogP contribution in [0, 0.1) is 5.92 Å². The van der Waals surface area contributed by atoms with Gasteiger partial charge in [-0.3, -0.25) is 4.99 Å². The van der Waals surface area contributed by atoms with E-state index in [-0.39, 0.29) is 0 Å². The maximum Gasteiger partial charge on any atom is 0.193 e. The molecule has 1 aliphatic heterocycles. The van der Waals surface area contributed by atoms with Gasteiger partial charge in [0.15, 0.2) is 5.96 Å². The Bertz CT molecular complexity index is 497. The zero-order valence-electron chi connectivity index (χ0n) is 15.4. The Labute approximate surface area is 150 Å². The molecule has 0 aromatic carbocycles. The lowest BCUT2D eigenvalue weighted by Crippen LogP contribution is -2.40. The fourth-order valence-corrected chi connectivity index (χ4v) is 3.72. The van der Waals surface area contributed by atoms with Crippen molar-refractivity contribution in [2.75, 3.05) is 39.9 Å². The number of nitrogens with zero attached hydrogens (tertiary/aromatic N) is 3. The average Bonchev–Trinajstić information content (AvgIpc) is 3.08. The molecule has 0 atom stereocenters. The standard InChI is InChI=1S/C18H32N4OS/c1-4-16-14-21-17(24-16)6-10-20-18(19-5-2)22(3)11-7-15-8-12-23-13-9-15/h14-15H,4-13H2,1-3H3,(H,19,20). The minimum atomic E-state index is 0.792. The van der Waals surface area contributed by atoms with Gasteiger partial charge < -0.3 is 15.0 Å². The first-order valence-corrected chi connectivity index (χ1v) is 10.0. The molecular weight excluding hydrogens is 320 g/mol. The van der Waals surface area contributed by atoms with Crippen LogP contribution in [0.15, 0.2) is 11.2 Å². The number of aromatic nitrogens is 1. The minimum Gasteiger partial charge on any atom is -0.381 e. The van der Waals surface area contributed by atoms with E-state index in [0.717, 1.165) is 57.6 Å². The Kier molecular flexibility index (Phi) is 8.53. The lowest BCUT2D eigenvalue weighted by atomic mass is 9.96. The highest BCUT2D eigenvalue weighted by atomic mass is 32.1. The van der Waals surface area contributed by atoms with Gasteiger partial charge in [0.25, 0.3) is 0 Å². The Morgan fingerprint density at radius 2 is 2.21 bits per heavy atom. The van der Waals surface area contributed by atoms with Crippen LogP contribution in [0.3, 0.4) is 0 Å². The highest BCUT2D eigenvalue weighted by Gasteiger charge is 2.15. The summed E-state index contributed by atoms with van der Waals surface area (Å²) in [6, 6.07) is 0. The van der Waals surface area contributed by atoms with E-state index < -0.39 is 0 Å². The third-order valence-corrected chi connectivity index (χ3v) is 5.65. The number of nitrogens with one attached hydrogen (secondary N) is 1. The topological polar surface area (TPSA) is 49.8 Å². The number of thiazole rings is 1. The third-order valence-electron chi connectivity index (χ3n) is 4.45. The first-order valence-electron chi connectivity index (χ1n) is 9.23. The van der Waals surface area contributed by atoms with Crippen molar-refractivity contribution in [2.45, 2.75) is 46.0 Å². The van der Waals surface area contributed by atoms with Crippen LogP contribution in [0.2, 0.25) is 0 Å². The molecule has 1 aromatic heterocycles. The van der Waals surface area contributed by atoms with Crippen LogP contribution >= 0.6 is 11.3 Å². The summed E-state index contributed by atoms with van der Waals surface area (Å²) in [5.41, 5.74) is 0. The van der Waals surface area contributed by atoms with Gasteiger partial charge in [-0.15, -0.1) is 11.3 Å². The maximum atomic E-state index is 5.44. The molecule has 136 valence electrons. The van der Waals surface area contributed by atoms with E-state index in [0.29, 0.717) is 0 Å². The summed E-state index contributed by atoms with van der Waals surface area (Å²) in [6.07, 6.45) is 7.61. The number of hydrogen-bond donors (Lipinski definition) is 1. The zero-order chi connectivity index (χ0) is 17.2. The lowest BCUT2D eigenvalue weighted by molar-refractivity contribution is 0.0625. The van der Waals surface area contributed by atoms with E-state index in [1.165, 1.54) is 29.1 Å². The van der Waals surface area contributed by atoms with E-state index >= 15 is 0 Å². The van der Waals surface area contributed by atoms with E-state index in [4.69, 9.17) is 9.73 Å². The third kappa shape index (κ3) is 6.40. The van der Waals surface area contributed by atoms with E-state index in [9.17, 15) is 0 Å². The van der Waals surface area contributed by atoms with Crippen LogP contribution in [0.4, 0.5) is 0 Å². The molecule has 0 spiro atoms. The molecule has 24 heavy (non-hydrogen) atoms. The first-order chi connectivity index (χ1) is 11.7. The number of guanidine groups is 1. The summed E-state index contributed by atoms with van der Waals surface area (Å²) in [5.74, 6) is 1.81. The van der Waals surface area contributed by atoms with Crippen LogP contribution in [-0.2, 0) is 17.6 Å². The summed E-state index contributed by atoms with van der Waals surface area (Å²) in [6.45, 7) is 8.89. The van der Waals surface area contributed by atoms with E-state index in [1.807, 2.05) is 17.5 Å². The smallest absolute Gasteiger partial charge is 0.193 e. The quantitative estimate of drug-likeness (QED) is 0.577. The Hall–Kier alpha value is -1.14. The average molecular weight is 353 g/mol. The number of rotatable bonds is 8. The molecule has 1 saturated heterocycles. The summed E-state index contributed by atoms with van der Waals surface area (Å²) in [5, 5.41) is 4.60. The van der Waals surface area contributed by atoms with Crippen molar-refractivity contribution in [2.24, 2.45) is 10.9 Å². The van der Waals surface area contributed by atoms with Crippen molar-refractivity contribution >= 4 is 17.3 Å². The Morgan fingerprint density at radius 1 is 1.42 bits per heavy atom. The van der Waals surface area contributed by atoms with Gasteiger partial charge in [-0.05, 0) is 38.5 Å². The first kappa shape index (κ1) is 19.2. The van der Waals surface area contributed by atoms with Crippen LogP contribution < -0.4 is 5.32 Å². The van der Waals surface area contributed by atoms with Crippen molar-refractivity contribution in [3.8, 4) is 0 Å². The molecule has 0 saturated carbocycles. The number of aliphatic imine (C=N–C) groups is 1. The van der Waals surface area contributed by atoms with Gasteiger partial charge in [0.2, 0.25) is 0 Å². The fraction of sp³-hybridized carbons (Fsp3) is 0.778. The minimum absolute atomic E-state index is 0.792. The highest BCUT2D eigenvalue weighted by molar-refractivity contribution is 7.11. The summed E-state index contributed by atoms with van der Waals surface area (Å²) in [7, 11) is 2.14. The SMILES string of the molecule is CCNC(=NCCc1ncc(CC)s1)N(C)CCC1CCOCC1. The molecule has 1 fully saturated rings. The van der Waals surface area contributed by atoms with Crippen molar-refractivity contribution in [1.29, 1.82) is 0 Å². The van der Waals surface area contributed by atoms with Crippen molar-refractivity contribution in [3.05, 3.63) is 16.1 Å². The molecule has 1 aliphatic rings. The number of aryl methyl sites for hydroxylation is 1. The van der Waals surface area contributed by atoms with Gasteiger partial charge >= 0.3 is 0 Å². The van der Waals surface area contributed by atoms with Gasteiger partial charge in [0.05, 0.1) is 5.01 Å².